The molecule has 0 unspecified atom stereocenters. The van der Waals surface area contributed by atoms with Crippen LogP contribution in [0.3, 0.4) is 0 Å². The van der Waals surface area contributed by atoms with Crippen LogP contribution in [0.2, 0.25) is 0 Å². The van der Waals surface area contributed by atoms with Crippen LogP contribution in [0.1, 0.15) is 56.0 Å². The molecule has 2 aromatic rings. The summed E-state index contributed by atoms with van der Waals surface area (Å²) >= 11 is 0. The molecular weight excluding hydrogens is 466 g/mol. The topological polar surface area (TPSA) is 90.0 Å². The number of carbonyl (C=O) groups is 2. The van der Waals surface area contributed by atoms with Crippen molar-refractivity contribution in [2.75, 3.05) is 17.5 Å². The quantitative estimate of drug-likeness (QED) is 0.517. The van der Waals surface area contributed by atoms with E-state index in [2.05, 4.69) is 20.8 Å². The number of fused-ring (bicyclic) bond motifs is 1. The van der Waals surface area contributed by atoms with Crippen LogP contribution in [0.15, 0.2) is 53.4 Å². The molecule has 0 spiro atoms. The summed E-state index contributed by atoms with van der Waals surface area (Å²) in [5, 5.41) is 0. The fourth-order valence-electron chi connectivity index (χ4n) is 5.13. The lowest BCUT2D eigenvalue weighted by molar-refractivity contribution is -0.159. The summed E-state index contributed by atoms with van der Waals surface area (Å²) in [6, 6.07) is 13.1. The maximum atomic E-state index is 13.3. The molecule has 0 bridgehead atoms. The zero-order valence-electron chi connectivity index (χ0n) is 20.5. The van der Waals surface area contributed by atoms with Gasteiger partial charge in [-0.3, -0.25) is 4.31 Å². The highest BCUT2D eigenvalue weighted by Crippen LogP contribution is 2.35. The molecule has 0 aromatic heterocycles. The van der Waals surface area contributed by atoms with Crippen LogP contribution in [0.5, 0.6) is 0 Å². The van der Waals surface area contributed by atoms with Crippen molar-refractivity contribution in [1.29, 1.82) is 0 Å². The van der Waals surface area contributed by atoms with Gasteiger partial charge in [0.25, 0.3) is 10.0 Å². The number of rotatable bonds is 7. The number of hydrogen-bond acceptors (Lipinski definition) is 6. The fourth-order valence-corrected chi connectivity index (χ4v) is 6.68. The third kappa shape index (κ3) is 5.53. The predicted molar refractivity (Wildman–Crippen MR) is 133 cm³/mol. The molecule has 2 aliphatic rings. The van der Waals surface area contributed by atoms with Gasteiger partial charge in [-0.05, 0) is 66.8 Å². The van der Waals surface area contributed by atoms with Crippen LogP contribution in [0.25, 0.3) is 0 Å². The molecule has 0 N–H and O–H groups in total. The normalized spacial score (nSPS) is 22.1. The van der Waals surface area contributed by atoms with Crippen LogP contribution in [-0.4, -0.2) is 39.6 Å². The van der Waals surface area contributed by atoms with Crippen molar-refractivity contribution in [2.45, 2.75) is 57.5 Å². The van der Waals surface area contributed by atoms with Crippen LogP contribution in [0.4, 0.5) is 5.69 Å². The Balaban J connectivity index is 1.40. The van der Waals surface area contributed by atoms with Crippen molar-refractivity contribution in [3.05, 3.63) is 59.7 Å². The molecule has 8 heteroatoms. The summed E-state index contributed by atoms with van der Waals surface area (Å²) in [4.78, 5) is 25.1. The van der Waals surface area contributed by atoms with E-state index in [-0.39, 0.29) is 16.6 Å². The van der Waals surface area contributed by atoms with Gasteiger partial charge < -0.3 is 9.47 Å². The van der Waals surface area contributed by atoms with Gasteiger partial charge in [-0.25, -0.2) is 18.0 Å². The van der Waals surface area contributed by atoms with Crippen molar-refractivity contribution in [2.24, 2.45) is 17.8 Å². The highest BCUT2D eigenvalue weighted by Gasteiger charge is 2.34. The SMILES string of the molecule is CC(C)[C@@H]1CC[C@@H](C)C[C@H]1OC(=O)COC(=O)c1cccc(S(=O)(=O)N2CCc3ccccc32)c1. The van der Waals surface area contributed by atoms with Gasteiger partial charge in [0.05, 0.1) is 16.1 Å². The summed E-state index contributed by atoms with van der Waals surface area (Å²) in [6.07, 6.45) is 3.40. The first kappa shape index (κ1) is 25.2. The Morgan fingerprint density at radius 2 is 1.86 bits per heavy atom. The highest BCUT2D eigenvalue weighted by molar-refractivity contribution is 7.92. The van der Waals surface area contributed by atoms with Gasteiger partial charge in [0, 0.05) is 6.54 Å². The molecule has 1 saturated carbocycles. The van der Waals surface area contributed by atoms with E-state index in [1.165, 1.54) is 28.6 Å². The number of benzene rings is 2. The maximum absolute atomic E-state index is 13.3. The monoisotopic (exact) mass is 499 g/mol. The first-order valence-electron chi connectivity index (χ1n) is 12.2. The Kier molecular flexibility index (Phi) is 7.50. The van der Waals surface area contributed by atoms with Gasteiger partial charge in [-0.2, -0.15) is 0 Å². The number of hydrogen-bond donors (Lipinski definition) is 0. The molecule has 35 heavy (non-hydrogen) atoms. The van der Waals surface area contributed by atoms with E-state index in [0.29, 0.717) is 36.4 Å². The highest BCUT2D eigenvalue weighted by atomic mass is 32.2. The van der Waals surface area contributed by atoms with Crippen molar-refractivity contribution >= 4 is 27.6 Å². The lowest BCUT2D eigenvalue weighted by Gasteiger charge is -2.36. The minimum absolute atomic E-state index is 0.00204. The van der Waals surface area contributed by atoms with E-state index in [9.17, 15) is 18.0 Å². The number of nitrogens with zero attached hydrogens (tertiary/aromatic N) is 1. The lowest BCUT2D eigenvalue weighted by atomic mass is 9.75. The molecule has 0 radical (unpaired) electrons. The predicted octanol–water partition coefficient (Wildman–Crippen LogP) is 4.60. The van der Waals surface area contributed by atoms with E-state index in [1.54, 1.807) is 12.1 Å². The zero-order valence-corrected chi connectivity index (χ0v) is 21.3. The van der Waals surface area contributed by atoms with Crippen molar-refractivity contribution in [3.8, 4) is 0 Å². The van der Waals surface area contributed by atoms with Crippen molar-refractivity contribution in [3.63, 3.8) is 0 Å². The van der Waals surface area contributed by atoms with E-state index in [0.717, 1.165) is 24.8 Å². The Labute approximate surface area is 207 Å². The van der Waals surface area contributed by atoms with Gasteiger partial charge in [0.2, 0.25) is 0 Å². The summed E-state index contributed by atoms with van der Waals surface area (Å²) < 4.78 is 38.8. The van der Waals surface area contributed by atoms with Crippen LogP contribution >= 0.6 is 0 Å². The Hall–Kier alpha value is -2.87. The number of carbonyl (C=O) groups excluding carboxylic acids is 2. The number of para-hydroxylation sites is 1. The lowest BCUT2D eigenvalue weighted by Crippen LogP contribution is -2.36. The summed E-state index contributed by atoms with van der Waals surface area (Å²) in [5.41, 5.74) is 1.69. The zero-order chi connectivity index (χ0) is 25.2. The van der Waals surface area contributed by atoms with Gasteiger partial charge in [-0.15, -0.1) is 0 Å². The van der Waals surface area contributed by atoms with E-state index >= 15 is 0 Å². The van der Waals surface area contributed by atoms with Crippen molar-refractivity contribution in [1.82, 2.24) is 0 Å². The third-order valence-corrected chi connectivity index (χ3v) is 8.88. The minimum Gasteiger partial charge on any atom is -0.460 e. The van der Waals surface area contributed by atoms with Gasteiger partial charge in [-0.1, -0.05) is 51.5 Å². The first-order chi connectivity index (χ1) is 16.7. The molecule has 1 aliphatic heterocycles. The van der Waals surface area contributed by atoms with Gasteiger partial charge >= 0.3 is 11.9 Å². The molecule has 0 amide bonds. The maximum Gasteiger partial charge on any atom is 0.344 e. The first-order valence-corrected chi connectivity index (χ1v) is 13.7. The minimum atomic E-state index is -3.84. The average Bonchev–Trinajstić information content (AvgIpc) is 3.27. The second-order valence-corrected chi connectivity index (χ2v) is 11.8. The molecule has 2 aromatic carbocycles. The molecule has 7 nitrogen and oxygen atoms in total. The van der Waals surface area contributed by atoms with Gasteiger partial charge in [0.15, 0.2) is 6.61 Å². The Bertz CT molecular complexity index is 1190. The van der Waals surface area contributed by atoms with Crippen LogP contribution in [0, 0.1) is 17.8 Å². The largest absolute Gasteiger partial charge is 0.460 e. The number of anilines is 1. The molecule has 0 saturated heterocycles. The Morgan fingerprint density at radius 3 is 2.63 bits per heavy atom. The molecule has 1 heterocycles. The summed E-state index contributed by atoms with van der Waals surface area (Å²) in [6.45, 7) is 6.25. The average molecular weight is 500 g/mol. The number of sulfonamides is 1. The van der Waals surface area contributed by atoms with E-state index < -0.39 is 28.6 Å². The molecule has 1 fully saturated rings. The summed E-state index contributed by atoms with van der Waals surface area (Å²) in [7, 11) is -3.84. The molecule has 188 valence electrons. The third-order valence-electron chi connectivity index (χ3n) is 7.07. The van der Waals surface area contributed by atoms with E-state index in [1.807, 2.05) is 12.1 Å². The molecule has 3 atom stereocenters. The number of ether oxygens (including phenoxy) is 2. The van der Waals surface area contributed by atoms with Crippen LogP contribution in [-0.2, 0) is 30.7 Å². The second kappa shape index (κ2) is 10.4. The number of esters is 2. The molecule has 1 aliphatic carbocycles. The molecule has 4 rings (SSSR count). The molecular formula is C27H33NO6S. The smallest absolute Gasteiger partial charge is 0.344 e. The standard InChI is InChI=1S/C27H33NO6S/c1-18(2)23-12-11-19(3)15-25(23)34-26(29)17-33-27(30)21-8-6-9-22(16-21)35(31,32)28-14-13-20-7-4-5-10-24(20)28/h4-10,16,18-19,23,25H,11-15,17H2,1-3H3/t19-,23+,25-/m1/s1. The van der Waals surface area contributed by atoms with Gasteiger partial charge in [0.1, 0.15) is 6.10 Å². The van der Waals surface area contributed by atoms with Crippen LogP contribution < -0.4 is 4.31 Å². The summed E-state index contributed by atoms with van der Waals surface area (Å²) in [5.74, 6) is -0.171. The van der Waals surface area contributed by atoms with Crippen molar-refractivity contribution < 1.29 is 27.5 Å². The second-order valence-electron chi connectivity index (χ2n) is 9.91. The Morgan fingerprint density at radius 1 is 1.09 bits per heavy atom. The van der Waals surface area contributed by atoms with E-state index in [4.69, 9.17) is 9.47 Å². The fraction of sp³-hybridized carbons (Fsp3) is 0.481.